The molecule has 0 aliphatic heterocycles. The molecule has 0 radical (unpaired) electrons. The van der Waals surface area contributed by atoms with Crippen molar-refractivity contribution >= 4 is 38.6 Å². The van der Waals surface area contributed by atoms with Gasteiger partial charge in [0.05, 0.1) is 0 Å². The predicted molar refractivity (Wildman–Crippen MR) is 222 cm³/mol. The molecular weight excluding hydrogens is 627 g/mol. The molecule has 1 nitrogen and oxygen atoms in total. The van der Waals surface area contributed by atoms with Crippen LogP contribution in [-0.2, 0) is 0 Å². The Morgan fingerprint density at radius 2 is 0.769 bits per heavy atom. The molecule has 52 heavy (non-hydrogen) atoms. The van der Waals surface area contributed by atoms with E-state index < -0.39 is 0 Å². The van der Waals surface area contributed by atoms with Gasteiger partial charge in [0.1, 0.15) is 0 Å². The lowest BCUT2D eigenvalue weighted by atomic mass is 9.82. The normalized spacial score (nSPS) is 11.6. The summed E-state index contributed by atoms with van der Waals surface area (Å²) in [6.45, 7) is 2.16. The highest BCUT2D eigenvalue weighted by molar-refractivity contribution is 6.28. The van der Waals surface area contributed by atoms with Crippen LogP contribution >= 0.6 is 0 Å². The van der Waals surface area contributed by atoms with E-state index in [1.54, 1.807) is 0 Å². The van der Waals surface area contributed by atoms with E-state index in [0.29, 0.717) is 0 Å². The summed E-state index contributed by atoms with van der Waals surface area (Å²) in [5.74, 6) is 0. The number of benzene rings is 9. The van der Waals surface area contributed by atoms with Crippen LogP contribution in [0.4, 0.5) is 17.1 Å². The molecule has 0 heterocycles. The maximum atomic E-state index is 2.38. The molecule has 0 fully saturated rings. The second-order valence-corrected chi connectivity index (χ2v) is 13.7. The van der Waals surface area contributed by atoms with Gasteiger partial charge < -0.3 is 4.90 Å². The number of hydrogen-bond acceptors (Lipinski definition) is 1. The first-order valence-electron chi connectivity index (χ1n) is 18.0. The molecule has 10 rings (SSSR count). The summed E-state index contributed by atoms with van der Waals surface area (Å²) in [5, 5.41) is 5.15. The Balaban J connectivity index is 1.23. The van der Waals surface area contributed by atoms with E-state index in [2.05, 4.69) is 206 Å². The molecular formula is C51H35N. The lowest BCUT2D eigenvalue weighted by Crippen LogP contribution is -2.10. The maximum absolute atomic E-state index is 2.38. The minimum absolute atomic E-state index is 1.13. The van der Waals surface area contributed by atoms with Crippen LogP contribution in [0.25, 0.3) is 77.2 Å². The first-order valence-corrected chi connectivity index (χ1v) is 18.0. The zero-order valence-electron chi connectivity index (χ0n) is 28.9. The van der Waals surface area contributed by atoms with Crippen molar-refractivity contribution < 1.29 is 0 Å². The summed E-state index contributed by atoms with van der Waals surface area (Å²) in [7, 11) is 0. The Hall–Kier alpha value is -6.70. The molecule has 0 aromatic heterocycles. The zero-order valence-corrected chi connectivity index (χ0v) is 28.9. The summed E-state index contributed by atoms with van der Waals surface area (Å²) in [6, 6.07) is 70.9. The van der Waals surface area contributed by atoms with E-state index in [4.69, 9.17) is 0 Å². The van der Waals surface area contributed by atoms with E-state index in [1.807, 2.05) is 0 Å². The molecule has 0 N–H and O–H groups in total. The number of nitrogens with zero attached hydrogens (tertiary/aromatic N) is 1. The second-order valence-electron chi connectivity index (χ2n) is 13.7. The first-order chi connectivity index (χ1) is 25.7. The third kappa shape index (κ3) is 4.78. The molecule has 0 spiro atoms. The second kappa shape index (κ2) is 12.3. The predicted octanol–water partition coefficient (Wildman–Crippen LogP) is 14.4. The van der Waals surface area contributed by atoms with Crippen LogP contribution in [-0.4, -0.2) is 0 Å². The Labute approximate surface area is 304 Å². The van der Waals surface area contributed by atoms with E-state index in [-0.39, 0.29) is 0 Å². The topological polar surface area (TPSA) is 3.24 Å². The van der Waals surface area contributed by atoms with Gasteiger partial charge in [0, 0.05) is 17.1 Å². The third-order valence-electron chi connectivity index (χ3n) is 10.6. The van der Waals surface area contributed by atoms with Crippen LogP contribution in [0.15, 0.2) is 194 Å². The van der Waals surface area contributed by atoms with Crippen molar-refractivity contribution in [3.8, 4) is 55.6 Å². The van der Waals surface area contributed by atoms with Crippen LogP contribution in [0.5, 0.6) is 0 Å². The highest BCUT2D eigenvalue weighted by Gasteiger charge is 2.31. The highest BCUT2D eigenvalue weighted by Crippen LogP contribution is 2.58. The quantitative estimate of drug-likeness (QED) is 0.171. The Morgan fingerprint density at radius 3 is 1.40 bits per heavy atom. The van der Waals surface area contributed by atoms with Gasteiger partial charge in [-0.25, -0.2) is 0 Å². The largest absolute Gasteiger partial charge is 0.310 e. The number of para-hydroxylation sites is 1. The molecule has 1 aliphatic carbocycles. The van der Waals surface area contributed by atoms with Gasteiger partial charge in [-0.1, -0.05) is 158 Å². The van der Waals surface area contributed by atoms with Gasteiger partial charge in [0.15, 0.2) is 0 Å². The molecule has 9 aromatic carbocycles. The number of rotatable bonds is 6. The monoisotopic (exact) mass is 661 g/mol. The van der Waals surface area contributed by atoms with Crippen LogP contribution in [0.2, 0.25) is 0 Å². The SMILES string of the molecule is Cc1cccc(N(c2ccccc2)c2cccc(-c3ccc4c5c(cccc35)-c3c-4c(-c4ccccc4)c4ccccc4c3-c3ccccc3)c2)c1. The van der Waals surface area contributed by atoms with Gasteiger partial charge in [-0.05, 0) is 126 Å². The van der Waals surface area contributed by atoms with Crippen molar-refractivity contribution in [2.45, 2.75) is 6.92 Å². The number of aryl methyl sites for hydroxylation is 1. The average Bonchev–Trinajstić information content (AvgIpc) is 3.53. The van der Waals surface area contributed by atoms with E-state index in [0.717, 1.165) is 17.1 Å². The Bertz CT molecular complexity index is 2690. The fraction of sp³-hybridized carbons (Fsp3) is 0.0196. The van der Waals surface area contributed by atoms with Gasteiger partial charge in [0.2, 0.25) is 0 Å². The van der Waals surface area contributed by atoms with Crippen molar-refractivity contribution in [3.05, 3.63) is 200 Å². The van der Waals surface area contributed by atoms with Gasteiger partial charge in [-0.15, -0.1) is 0 Å². The van der Waals surface area contributed by atoms with Crippen molar-refractivity contribution in [1.29, 1.82) is 0 Å². The van der Waals surface area contributed by atoms with Crippen molar-refractivity contribution in [2.75, 3.05) is 4.90 Å². The summed E-state index contributed by atoms with van der Waals surface area (Å²) < 4.78 is 0. The molecule has 0 unspecified atom stereocenters. The molecule has 0 bridgehead atoms. The van der Waals surface area contributed by atoms with Gasteiger partial charge in [-0.2, -0.15) is 0 Å². The van der Waals surface area contributed by atoms with Crippen LogP contribution in [0.3, 0.4) is 0 Å². The number of anilines is 3. The van der Waals surface area contributed by atoms with E-state index in [9.17, 15) is 0 Å². The zero-order chi connectivity index (χ0) is 34.6. The molecule has 1 aliphatic rings. The summed E-state index contributed by atoms with van der Waals surface area (Å²) in [4.78, 5) is 2.36. The first kappa shape index (κ1) is 30.2. The Morgan fingerprint density at radius 1 is 0.308 bits per heavy atom. The van der Waals surface area contributed by atoms with Crippen LogP contribution in [0.1, 0.15) is 5.56 Å². The summed E-state index contributed by atoms with van der Waals surface area (Å²) >= 11 is 0. The molecule has 244 valence electrons. The lowest BCUT2D eigenvalue weighted by molar-refractivity contribution is 1.27. The molecule has 0 amide bonds. The summed E-state index contributed by atoms with van der Waals surface area (Å²) in [6.07, 6.45) is 0. The lowest BCUT2D eigenvalue weighted by Gasteiger charge is -2.26. The van der Waals surface area contributed by atoms with Crippen molar-refractivity contribution in [3.63, 3.8) is 0 Å². The van der Waals surface area contributed by atoms with Gasteiger partial charge in [-0.3, -0.25) is 0 Å². The molecule has 0 saturated heterocycles. The molecule has 0 atom stereocenters. The Kier molecular flexibility index (Phi) is 7.11. The van der Waals surface area contributed by atoms with Gasteiger partial charge in [0.25, 0.3) is 0 Å². The average molecular weight is 662 g/mol. The van der Waals surface area contributed by atoms with E-state index in [1.165, 1.54) is 82.7 Å². The molecule has 0 saturated carbocycles. The minimum atomic E-state index is 1.13. The van der Waals surface area contributed by atoms with E-state index >= 15 is 0 Å². The maximum Gasteiger partial charge on any atom is 0.0467 e. The van der Waals surface area contributed by atoms with Crippen molar-refractivity contribution in [1.82, 2.24) is 0 Å². The highest BCUT2D eigenvalue weighted by atomic mass is 15.1. The standard InChI is InChI=1S/C51H35N/c1-34-16-13-24-39(32-34)52(38-22-9-4-10-23-38)40-25-14-21-37(33-40)41-30-31-46-49-42(41)28-15-29-45(49)50-47(35-17-5-2-6-18-35)43-26-11-12-27-44(43)48(51(46)50)36-19-7-3-8-20-36/h2-33H,1H3. The number of fused-ring (bicyclic) bond motifs is 4. The third-order valence-corrected chi connectivity index (χ3v) is 10.6. The smallest absolute Gasteiger partial charge is 0.0467 e. The number of hydrogen-bond donors (Lipinski definition) is 0. The molecule has 9 aromatic rings. The van der Waals surface area contributed by atoms with Gasteiger partial charge >= 0.3 is 0 Å². The fourth-order valence-corrected chi connectivity index (χ4v) is 8.47. The minimum Gasteiger partial charge on any atom is -0.310 e. The molecule has 1 heteroatoms. The van der Waals surface area contributed by atoms with Crippen LogP contribution in [0, 0.1) is 6.92 Å². The summed E-state index contributed by atoms with van der Waals surface area (Å²) in [5.41, 5.74) is 17.4. The van der Waals surface area contributed by atoms with Crippen molar-refractivity contribution in [2.24, 2.45) is 0 Å². The van der Waals surface area contributed by atoms with Crippen LogP contribution < -0.4 is 4.90 Å². The fourth-order valence-electron chi connectivity index (χ4n) is 8.47.